The highest BCUT2D eigenvalue weighted by molar-refractivity contribution is 6.33. The molecule has 2 N–H and O–H groups in total. The number of nitrogens with zero attached hydrogens (tertiary/aromatic N) is 1. The second-order valence-corrected chi connectivity index (χ2v) is 7.22. The Morgan fingerprint density at radius 3 is 2.52 bits per heavy atom. The number of anilines is 2. The topological polar surface area (TPSA) is 95.9 Å². The van der Waals surface area contributed by atoms with Crippen LogP contribution in [0.25, 0.3) is 0 Å². The van der Waals surface area contributed by atoms with Crippen LogP contribution in [-0.4, -0.2) is 35.0 Å². The van der Waals surface area contributed by atoms with Crippen molar-refractivity contribution in [3.05, 3.63) is 52.5 Å². The van der Waals surface area contributed by atoms with Crippen LogP contribution in [0.3, 0.4) is 0 Å². The maximum atomic E-state index is 13.0. The number of hydrogen-bond donors (Lipinski definition) is 2. The van der Waals surface area contributed by atoms with Crippen LogP contribution in [0.15, 0.2) is 36.4 Å². The molecule has 2 aromatic carbocycles. The number of halogens is 4. The molecule has 0 spiro atoms. The van der Waals surface area contributed by atoms with E-state index in [1.807, 2.05) is 0 Å². The van der Waals surface area contributed by atoms with Gasteiger partial charge >= 0.3 is 12.1 Å². The Morgan fingerprint density at radius 1 is 1.23 bits per heavy atom. The average Bonchev–Trinajstić information content (AvgIpc) is 2.68. The van der Waals surface area contributed by atoms with E-state index < -0.39 is 41.7 Å². The highest BCUT2D eigenvalue weighted by atomic mass is 35.5. The lowest BCUT2D eigenvalue weighted by molar-refractivity contribution is -0.137. The van der Waals surface area contributed by atoms with Crippen molar-refractivity contribution in [2.75, 3.05) is 10.2 Å². The number of alkyl halides is 3. The molecule has 2 unspecified atom stereocenters. The Bertz CT molecular complexity index is 1070. The maximum absolute atomic E-state index is 13.0. The monoisotopic (exact) mass is 456 g/mol. The quantitative estimate of drug-likeness (QED) is 0.719. The Labute approximate surface area is 179 Å². The average molecular weight is 457 g/mol. The van der Waals surface area contributed by atoms with Crippen molar-refractivity contribution in [3.8, 4) is 5.75 Å². The molecular formula is C20H16ClF3N2O5. The maximum Gasteiger partial charge on any atom is 0.416 e. The predicted molar refractivity (Wildman–Crippen MR) is 106 cm³/mol. The van der Waals surface area contributed by atoms with Gasteiger partial charge in [0.2, 0.25) is 5.91 Å². The highest BCUT2D eigenvalue weighted by Gasteiger charge is 2.38. The summed E-state index contributed by atoms with van der Waals surface area (Å²) in [6.45, 7) is 2.81. The molecule has 7 nitrogen and oxygen atoms in total. The fourth-order valence-electron chi connectivity index (χ4n) is 3.05. The van der Waals surface area contributed by atoms with Crippen LogP contribution in [0.2, 0.25) is 5.02 Å². The zero-order valence-electron chi connectivity index (χ0n) is 16.2. The molecule has 2 aromatic rings. The first-order valence-corrected chi connectivity index (χ1v) is 9.32. The molecule has 164 valence electrons. The summed E-state index contributed by atoms with van der Waals surface area (Å²) in [5.74, 6) is -2.48. The number of benzene rings is 2. The third-order valence-corrected chi connectivity index (χ3v) is 5.00. The number of carbonyl (C=O) groups excluding carboxylic acids is 2. The predicted octanol–water partition coefficient (Wildman–Crippen LogP) is 4.20. The molecule has 1 aliphatic rings. The van der Waals surface area contributed by atoms with E-state index >= 15 is 0 Å². The minimum Gasteiger partial charge on any atom is -0.479 e. The lowest BCUT2D eigenvalue weighted by Gasteiger charge is -2.36. The van der Waals surface area contributed by atoms with Gasteiger partial charge in [0.1, 0.15) is 11.8 Å². The minimum absolute atomic E-state index is 0.0758. The largest absolute Gasteiger partial charge is 0.479 e. The van der Waals surface area contributed by atoms with E-state index in [-0.39, 0.29) is 27.7 Å². The van der Waals surface area contributed by atoms with E-state index in [1.165, 1.54) is 32.0 Å². The minimum atomic E-state index is -4.63. The molecule has 31 heavy (non-hydrogen) atoms. The first kappa shape index (κ1) is 22.4. The van der Waals surface area contributed by atoms with Crippen LogP contribution < -0.4 is 15.0 Å². The summed E-state index contributed by atoms with van der Waals surface area (Å²) < 4.78 is 44.4. The van der Waals surface area contributed by atoms with Gasteiger partial charge < -0.3 is 15.2 Å². The Hall–Kier alpha value is -3.27. The number of hydrogen-bond acceptors (Lipinski definition) is 4. The van der Waals surface area contributed by atoms with Crippen molar-refractivity contribution in [2.24, 2.45) is 0 Å². The molecule has 0 radical (unpaired) electrons. The van der Waals surface area contributed by atoms with Crippen LogP contribution in [0.5, 0.6) is 5.75 Å². The van der Waals surface area contributed by atoms with E-state index in [1.54, 1.807) is 0 Å². The summed E-state index contributed by atoms with van der Waals surface area (Å²) in [6.07, 6.45) is -5.64. The molecule has 3 rings (SSSR count). The van der Waals surface area contributed by atoms with Crippen LogP contribution in [-0.2, 0) is 15.8 Å². The van der Waals surface area contributed by atoms with Gasteiger partial charge in [-0.3, -0.25) is 14.5 Å². The Morgan fingerprint density at radius 2 is 1.90 bits per heavy atom. The van der Waals surface area contributed by atoms with E-state index in [0.717, 1.165) is 17.0 Å². The van der Waals surface area contributed by atoms with Gasteiger partial charge in [-0.05, 0) is 50.2 Å². The first-order valence-electron chi connectivity index (χ1n) is 8.95. The molecule has 11 heteroatoms. The molecule has 1 aliphatic heterocycles. The van der Waals surface area contributed by atoms with Crippen molar-refractivity contribution >= 4 is 40.8 Å². The van der Waals surface area contributed by atoms with Gasteiger partial charge in [0, 0.05) is 0 Å². The third-order valence-electron chi connectivity index (χ3n) is 4.67. The number of aromatic carboxylic acids is 1. The summed E-state index contributed by atoms with van der Waals surface area (Å²) in [6, 6.07) is 5.11. The summed E-state index contributed by atoms with van der Waals surface area (Å²) >= 11 is 5.92. The number of carboxylic acid groups (broad SMARTS) is 1. The second-order valence-electron chi connectivity index (χ2n) is 6.81. The summed E-state index contributed by atoms with van der Waals surface area (Å²) in [4.78, 5) is 37.8. The highest BCUT2D eigenvalue weighted by Crippen LogP contribution is 2.37. The fourth-order valence-corrected chi connectivity index (χ4v) is 3.21. The number of ether oxygens (including phenoxy) is 1. The van der Waals surface area contributed by atoms with Gasteiger partial charge in [-0.25, -0.2) is 4.79 Å². The number of rotatable bonds is 4. The standard InChI is InChI=1S/C20H16ClF3N2O5/c1-9(17(27)25-14-8-12(20(22,23)24)4-5-13(14)21)26-15-6-3-11(19(29)30)7-16(15)31-10(2)18(26)28/h3-10H,1-2H3,(H,25,27)(H,29,30). The Kier molecular flexibility index (Phi) is 5.86. The van der Waals surface area contributed by atoms with Crippen LogP contribution in [0, 0.1) is 0 Å². The molecule has 0 aliphatic carbocycles. The van der Waals surface area contributed by atoms with Crippen molar-refractivity contribution in [1.29, 1.82) is 0 Å². The molecule has 2 amide bonds. The van der Waals surface area contributed by atoms with Gasteiger partial charge in [-0.2, -0.15) is 13.2 Å². The van der Waals surface area contributed by atoms with Crippen LogP contribution in [0.1, 0.15) is 29.8 Å². The van der Waals surface area contributed by atoms with Gasteiger partial charge in [-0.1, -0.05) is 11.6 Å². The van der Waals surface area contributed by atoms with E-state index in [0.29, 0.717) is 6.07 Å². The molecule has 1 heterocycles. The number of carboxylic acids is 1. The van der Waals surface area contributed by atoms with E-state index in [4.69, 9.17) is 21.4 Å². The third kappa shape index (κ3) is 4.43. The van der Waals surface area contributed by atoms with Crippen LogP contribution in [0.4, 0.5) is 24.5 Å². The normalized spacial score (nSPS) is 16.9. The van der Waals surface area contributed by atoms with Crippen molar-refractivity contribution in [1.82, 2.24) is 0 Å². The SMILES string of the molecule is CC1Oc2cc(C(=O)O)ccc2N(C(C)C(=O)Nc2cc(C(F)(F)F)ccc2Cl)C1=O. The molecule has 0 saturated heterocycles. The van der Waals surface area contributed by atoms with Gasteiger partial charge in [0.05, 0.1) is 27.5 Å². The number of carbonyl (C=O) groups is 3. The van der Waals surface area contributed by atoms with Crippen molar-refractivity contribution in [3.63, 3.8) is 0 Å². The number of amides is 2. The lowest BCUT2D eigenvalue weighted by Crippen LogP contribution is -2.52. The zero-order valence-corrected chi connectivity index (χ0v) is 16.9. The molecule has 0 aromatic heterocycles. The second kappa shape index (κ2) is 8.10. The number of fused-ring (bicyclic) bond motifs is 1. The molecule has 0 saturated carbocycles. The van der Waals surface area contributed by atoms with Gasteiger partial charge in [-0.15, -0.1) is 0 Å². The van der Waals surface area contributed by atoms with E-state index in [2.05, 4.69) is 5.32 Å². The molecule has 2 atom stereocenters. The fraction of sp³-hybridized carbons (Fsp3) is 0.250. The van der Waals surface area contributed by atoms with Gasteiger partial charge in [0.15, 0.2) is 6.10 Å². The summed E-state index contributed by atoms with van der Waals surface area (Å²) in [7, 11) is 0. The van der Waals surface area contributed by atoms with Crippen molar-refractivity contribution in [2.45, 2.75) is 32.2 Å². The smallest absolute Gasteiger partial charge is 0.416 e. The first-order chi connectivity index (χ1) is 14.4. The van der Waals surface area contributed by atoms with Gasteiger partial charge in [0.25, 0.3) is 5.91 Å². The lowest BCUT2D eigenvalue weighted by atomic mass is 10.1. The summed E-state index contributed by atoms with van der Waals surface area (Å²) in [5.41, 5.74) is -1.18. The Balaban J connectivity index is 1.92. The number of nitrogens with one attached hydrogen (secondary N) is 1. The summed E-state index contributed by atoms with van der Waals surface area (Å²) in [5, 5.41) is 11.4. The molecule has 0 fully saturated rings. The van der Waals surface area contributed by atoms with Crippen LogP contribution >= 0.6 is 11.6 Å². The zero-order chi connectivity index (χ0) is 23.1. The molecular weight excluding hydrogens is 441 g/mol. The van der Waals surface area contributed by atoms with Crippen molar-refractivity contribution < 1.29 is 37.4 Å². The molecule has 0 bridgehead atoms. The van der Waals surface area contributed by atoms with E-state index in [9.17, 15) is 27.6 Å².